The molecule has 4 rings (SSSR count). The second kappa shape index (κ2) is 11.4. The molecule has 2 amide bonds. The predicted molar refractivity (Wildman–Crippen MR) is 142 cm³/mol. The van der Waals surface area contributed by atoms with Crippen molar-refractivity contribution in [1.29, 1.82) is 5.26 Å². The van der Waals surface area contributed by atoms with E-state index < -0.39 is 0 Å². The molecule has 2 aliphatic carbocycles. The van der Waals surface area contributed by atoms with Gasteiger partial charge in [-0.3, -0.25) is 4.90 Å². The van der Waals surface area contributed by atoms with Crippen LogP contribution in [0.2, 0.25) is 10.3 Å². The third-order valence-electron chi connectivity index (χ3n) is 7.74. The predicted octanol–water partition coefficient (Wildman–Crippen LogP) is 5.31. The average Bonchev–Trinajstić information content (AvgIpc) is 3.58. The lowest BCUT2D eigenvalue weighted by Crippen LogP contribution is -2.49. The SMILES string of the molecule is CC(C)N(CCO)CCN(C(=O)Nc1cc(Cl)nc(Cl)c1)C1CC[C@@]2(c3cccc(C#N)c3)CC2C1. The molecule has 2 aliphatic rings. The van der Waals surface area contributed by atoms with Gasteiger partial charge in [0.25, 0.3) is 0 Å². The van der Waals surface area contributed by atoms with Gasteiger partial charge in [-0.2, -0.15) is 5.26 Å². The maximum Gasteiger partial charge on any atom is 0.322 e. The van der Waals surface area contributed by atoms with Gasteiger partial charge in [-0.1, -0.05) is 35.3 Å². The number of nitrogens with zero attached hydrogens (tertiary/aromatic N) is 4. The molecular formula is C27H33Cl2N5O2. The summed E-state index contributed by atoms with van der Waals surface area (Å²) in [5.41, 5.74) is 2.58. The number of hydrogen-bond donors (Lipinski definition) is 2. The van der Waals surface area contributed by atoms with E-state index in [9.17, 15) is 15.2 Å². The molecule has 2 saturated carbocycles. The third-order valence-corrected chi connectivity index (χ3v) is 8.13. The standard InChI is InChI=1S/C27H33Cl2N5O2/c1-18(2)33(10-11-35)8-9-34(26(36)31-22-14-24(28)32-25(29)15-22)23-6-7-27(16-21(27)13-23)20-5-3-4-19(12-20)17-30/h3-5,12,14-15,18,21,23,35H,6-11,13,16H2,1-2H3,(H,31,32,36)/t21?,23?,27-/m0/s1. The molecule has 0 spiro atoms. The zero-order valence-electron chi connectivity index (χ0n) is 20.8. The van der Waals surface area contributed by atoms with Gasteiger partial charge in [0.15, 0.2) is 0 Å². The molecule has 7 nitrogen and oxygen atoms in total. The maximum absolute atomic E-state index is 13.5. The lowest BCUT2D eigenvalue weighted by Gasteiger charge is -2.38. The smallest absolute Gasteiger partial charge is 0.322 e. The summed E-state index contributed by atoms with van der Waals surface area (Å²) in [6.07, 6.45) is 3.88. The number of rotatable bonds is 9. The van der Waals surface area contributed by atoms with Crippen LogP contribution in [-0.2, 0) is 5.41 Å². The minimum Gasteiger partial charge on any atom is -0.395 e. The average molecular weight is 531 g/mol. The van der Waals surface area contributed by atoms with Crippen LogP contribution in [0.4, 0.5) is 10.5 Å². The van der Waals surface area contributed by atoms with Crippen molar-refractivity contribution in [3.8, 4) is 6.07 Å². The van der Waals surface area contributed by atoms with E-state index in [1.54, 1.807) is 12.1 Å². The van der Waals surface area contributed by atoms with Crippen molar-refractivity contribution in [3.05, 3.63) is 57.8 Å². The maximum atomic E-state index is 13.5. The van der Waals surface area contributed by atoms with E-state index in [1.807, 2.05) is 23.1 Å². The molecule has 1 heterocycles. The normalized spacial score (nSPS) is 22.7. The molecule has 192 valence electrons. The molecule has 3 atom stereocenters. The van der Waals surface area contributed by atoms with Crippen molar-refractivity contribution in [2.45, 2.75) is 57.0 Å². The Bertz CT molecular complexity index is 1120. The van der Waals surface area contributed by atoms with Gasteiger partial charge in [-0.05, 0) is 80.7 Å². The number of anilines is 1. The fourth-order valence-electron chi connectivity index (χ4n) is 5.72. The van der Waals surface area contributed by atoms with E-state index in [2.05, 4.69) is 41.2 Å². The minimum atomic E-state index is -0.189. The molecule has 0 radical (unpaired) electrons. The lowest BCUT2D eigenvalue weighted by molar-refractivity contribution is 0.122. The molecule has 1 aromatic carbocycles. The van der Waals surface area contributed by atoms with Crippen LogP contribution in [0.25, 0.3) is 0 Å². The van der Waals surface area contributed by atoms with Crippen molar-refractivity contribution in [2.24, 2.45) is 5.92 Å². The van der Waals surface area contributed by atoms with Crippen LogP contribution in [0.1, 0.15) is 50.7 Å². The van der Waals surface area contributed by atoms with Crippen LogP contribution < -0.4 is 5.32 Å². The summed E-state index contributed by atoms with van der Waals surface area (Å²) in [6.45, 7) is 6.04. The number of aromatic nitrogens is 1. The molecule has 1 aromatic heterocycles. The Balaban J connectivity index is 1.50. The van der Waals surface area contributed by atoms with E-state index in [0.717, 1.165) is 25.7 Å². The number of halogens is 2. The quantitative estimate of drug-likeness (QED) is 0.429. The van der Waals surface area contributed by atoms with Crippen molar-refractivity contribution >= 4 is 34.9 Å². The number of fused-ring (bicyclic) bond motifs is 1. The number of nitriles is 1. The number of nitrogens with one attached hydrogen (secondary N) is 1. The molecule has 2 aromatic rings. The van der Waals surface area contributed by atoms with Gasteiger partial charge >= 0.3 is 6.03 Å². The highest BCUT2D eigenvalue weighted by Crippen LogP contribution is 2.62. The number of urea groups is 1. The van der Waals surface area contributed by atoms with E-state index >= 15 is 0 Å². The third kappa shape index (κ3) is 5.95. The van der Waals surface area contributed by atoms with Gasteiger partial charge in [-0.25, -0.2) is 9.78 Å². The van der Waals surface area contributed by atoms with Gasteiger partial charge in [0.1, 0.15) is 10.3 Å². The van der Waals surface area contributed by atoms with Gasteiger partial charge in [0, 0.05) is 37.4 Å². The fraction of sp³-hybridized carbons (Fsp3) is 0.519. The summed E-state index contributed by atoms with van der Waals surface area (Å²) in [7, 11) is 0. The molecule has 0 aliphatic heterocycles. The largest absolute Gasteiger partial charge is 0.395 e. The van der Waals surface area contributed by atoms with Crippen LogP contribution in [0.5, 0.6) is 0 Å². The van der Waals surface area contributed by atoms with Crippen molar-refractivity contribution in [2.75, 3.05) is 31.6 Å². The number of amides is 2. The van der Waals surface area contributed by atoms with Crippen molar-refractivity contribution in [1.82, 2.24) is 14.8 Å². The highest BCUT2D eigenvalue weighted by molar-refractivity contribution is 6.32. The van der Waals surface area contributed by atoms with Crippen LogP contribution in [0.15, 0.2) is 36.4 Å². The molecule has 2 unspecified atom stereocenters. The number of pyridine rings is 1. The lowest BCUT2D eigenvalue weighted by atomic mass is 9.80. The fourth-order valence-corrected chi connectivity index (χ4v) is 6.18. The first-order valence-corrected chi connectivity index (χ1v) is 13.3. The Morgan fingerprint density at radius 2 is 2.00 bits per heavy atom. The number of carbonyl (C=O) groups is 1. The number of benzene rings is 1. The van der Waals surface area contributed by atoms with Gasteiger partial charge < -0.3 is 15.3 Å². The van der Waals surface area contributed by atoms with Crippen LogP contribution >= 0.6 is 23.2 Å². The molecule has 9 heteroatoms. The Hall–Kier alpha value is -2.37. The van der Waals surface area contributed by atoms with Gasteiger partial charge in [0.2, 0.25) is 0 Å². The monoisotopic (exact) mass is 529 g/mol. The summed E-state index contributed by atoms with van der Waals surface area (Å²) in [5, 5.41) is 22.2. The van der Waals surface area contributed by atoms with E-state index in [4.69, 9.17) is 23.2 Å². The summed E-state index contributed by atoms with van der Waals surface area (Å²) in [6, 6.07) is 13.6. The topological polar surface area (TPSA) is 92.5 Å². The highest BCUT2D eigenvalue weighted by atomic mass is 35.5. The minimum absolute atomic E-state index is 0.0776. The van der Waals surface area contributed by atoms with E-state index in [0.29, 0.717) is 36.8 Å². The van der Waals surface area contributed by atoms with E-state index in [1.165, 1.54) is 5.56 Å². The molecule has 0 bridgehead atoms. The molecular weight excluding hydrogens is 497 g/mol. The summed E-state index contributed by atoms with van der Waals surface area (Å²) < 4.78 is 0. The molecule has 0 saturated heterocycles. The summed E-state index contributed by atoms with van der Waals surface area (Å²) >= 11 is 12.1. The highest BCUT2D eigenvalue weighted by Gasteiger charge is 2.58. The number of aliphatic hydroxyl groups is 1. The number of hydrogen-bond acceptors (Lipinski definition) is 5. The number of aliphatic hydroxyl groups excluding tert-OH is 1. The van der Waals surface area contributed by atoms with Gasteiger partial charge in [0.05, 0.1) is 18.2 Å². The Morgan fingerprint density at radius 3 is 2.64 bits per heavy atom. The first kappa shape index (κ1) is 26.7. The summed E-state index contributed by atoms with van der Waals surface area (Å²) in [4.78, 5) is 21.6. The zero-order chi connectivity index (χ0) is 25.9. The second-order valence-corrected chi connectivity index (χ2v) is 10.9. The zero-order valence-corrected chi connectivity index (χ0v) is 22.3. The van der Waals surface area contributed by atoms with Crippen molar-refractivity contribution < 1.29 is 9.90 Å². The second-order valence-electron chi connectivity index (χ2n) is 10.2. The van der Waals surface area contributed by atoms with Gasteiger partial charge in [-0.15, -0.1) is 0 Å². The first-order chi connectivity index (χ1) is 17.3. The molecule has 36 heavy (non-hydrogen) atoms. The first-order valence-electron chi connectivity index (χ1n) is 12.5. The van der Waals surface area contributed by atoms with Crippen molar-refractivity contribution in [3.63, 3.8) is 0 Å². The van der Waals surface area contributed by atoms with Crippen LogP contribution in [-0.4, -0.2) is 64.2 Å². The van der Waals surface area contributed by atoms with Crippen LogP contribution in [0.3, 0.4) is 0 Å². The number of carbonyl (C=O) groups excluding carboxylic acids is 1. The molecule has 2 fully saturated rings. The Morgan fingerprint density at radius 1 is 1.25 bits per heavy atom. The van der Waals surface area contributed by atoms with Crippen LogP contribution in [0, 0.1) is 17.2 Å². The molecule has 2 N–H and O–H groups in total. The Kier molecular flexibility index (Phi) is 8.41. The Labute approximate surface area is 223 Å². The van der Waals surface area contributed by atoms with E-state index in [-0.39, 0.29) is 40.4 Å². The summed E-state index contributed by atoms with van der Waals surface area (Å²) in [5.74, 6) is 0.490.